The summed E-state index contributed by atoms with van der Waals surface area (Å²) in [6, 6.07) is 13.7. The molecule has 1 saturated heterocycles. The summed E-state index contributed by atoms with van der Waals surface area (Å²) < 4.78 is 25.8. The summed E-state index contributed by atoms with van der Waals surface area (Å²) in [4.78, 5) is 12.5. The quantitative estimate of drug-likeness (QED) is 0.423. The Morgan fingerprint density at radius 2 is 1.84 bits per heavy atom. The fourth-order valence-electron chi connectivity index (χ4n) is 4.96. The van der Waals surface area contributed by atoms with Crippen LogP contribution in [0.1, 0.15) is 44.9 Å². The molecule has 5 nitrogen and oxygen atoms in total. The Bertz CT molecular complexity index is 876. The number of benzene rings is 2. The van der Waals surface area contributed by atoms with Crippen LogP contribution in [-0.4, -0.2) is 25.0 Å². The number of carbonyl (C=O) groups is 1. The molecule has 2 aliphatic rings. The van der Waals surface area contributed by atoms with Crippen LogP contribution in [0.2, 0.25) is 0 Å². The molecule has 4 atom stereocenters. The van der Waals surface area contributed by atoms with E-state index in [1.165, 1.54) is 37.8 Å². The minimum atomic E-state index is -0.743. The molecule has 0 bridgehead atoms. The van der Waals surface area contributed by atoms with Crippen LogP contribution >= 0.6 is 15.9 Å². The first-order chi connectivity index (χ1) is 15.6. The molecule has 32 heavy (non-hydrogen) atoms. The van der Waals surface area contributed by atoms with E-state index in [2.05, 4.69) is 26.6 Å². The minimum absolute atomic E-state index is 0.333. The standard InChI is InChI=1S/C25H30BrFN2O3/c26-18-6-10-20(11-7-18)29-25(30)32-24(31-21-12-8-19(27)9-13-21)14-5-17-15-16-28-23-4-2-1-3-22(17)23/h6-13,17,22-24,28H,1-5,14-16H2,(H,29,30). The van der Waals surface area contributed by atoms with Gasteiger partial charge < -0.3 is 14.8 Å². The lowest BCUT2D eigenvalue weighted by Crippen LogP contribution is -2.47. The van der Waals surface area contributed by atoms with Crippen LogP contribution in [-0.2, 0) is 4.74 Å². The first-order valence-electron chi connectivity index (χ1n) is 11.5. The van der Waals surface area contributed by atoms with Gasteiger partial charge in [-0.3, -0.25) is 5.32 Å². The van der Waals surface area contributed by atoms with Gasteiger partial charge in [0.05, 0.1) is 0 Å². The zero-order valence-corrected chi connectivity index (χ0v) is 19.7. The number of anilines is 1. The minimum Gasteiger partial charge on any atom is -0.455 e. The van der Waals surface area contributed by atoms with E-state index in [1.54, 1.807) is 24.3 Å². The molecule has 2 N–H and O–H groups in total. The summed E-state index contributed by atoms with van der Waals surface area (Å²) >= 11 is 3.38. The van der Waals surface area contributed by atoms with Crippen molar-refractivity contribution in [1.29, 1.82) is 0 Å². The van der Waals surface area contributed by atoms with Gasteiger partial charge in [0.25, 0.3) is 0 Å². The number of hydrogen-bond acceptors (Lipinski definition) is 4. The number of nitrogens with one attached hydrogen (secondary N) is 2. The second-order valence-corrected chi connectivity index (χ2v) is 9.59. The van der Waals surface area contributed by atoms with Gasteiger partial charge >= 0.3 is 6.09 Å². The lowest BCUT2D eigenvalue weighted by Gasteiger charge is -2.42. The largest absolute Gasteiger partial charge is 0.455 e. The summed E-state index contributed by atoms with van der Waals surface area (Å²) in [5, 5.41) is 6.43. The van der Waals surface area contributed by atoms with Gasteiger partial charge in [-0.1, -0.05) is 28.8 Å². The van der Waals surface area contributed by atoms with Crippen LogP contribution in [0.4, 0.5) is 14.9 Å². The van der Waals surface area contributed by atoms with Crippen molar-refractivity contribution in [2.24, 2.45) is 11.8 Å². The molecule has 7 heteroatoms. The summed E-state index contributed by atoms with van der Waals surface area (Å²) in [6.07, 6.45) is 6.46. The van der Waals surface area contributed by atoms with E-state index in [1.807, 2.05) is 12.1 Å². The number of ether oxygens (including phenoxy) is 2. The topological polar surface area (TPSA) is 59.6 Å². The van der Waals surface area contributed by atoms with Gasteiger partial charge in [-0.05, 0) is 92.6 Å². The van der Waals surface area contributed by atoms with Crippen molar-refractivity contribution in [2.75, 3.05) is 11.9 Å². The molecular formula is C25H30BrFN2O3. The maximum atomic E-state index is 13.3. The predicted octanol–water partition coefficient (Wildman–Crippen LogP) is 6.49. The normalized spacial score (nSPS) is 23.6. The van der Waals surface area contributed by atoms with Crippen LogP contribution in [0, 0.1) is 17.7 Å². The smallest absolute Gasteiger partial charge is 0.414 e. The summed E-state index contributed by atoms with van der Waals surface area (Å²) in [6.45, 7) is 1.04. The van der Waals surface area contributed by atoms with E-state index < -0.39 is 12.4 Å². The Morgan fingerprint density at radius 1 is 1.09 bits per heavy atom. The Hall–Kier alpha value is -2.12. The van der Waals surface area contributed by atoms with Gasteiger partial charge in [0.1, 0.15) is 11.6 Å². The van der Waals surface area contributed by atoms with Crippen molar-refractivity contribution in [3.8, 4) is 5.75 Å². The highest BCUT2D eigenvalue weighted by Gasteiger charge is 2.35. The Balaban J connectivity index is 1.39. The first-order valence-corrected chi connectivity index (χ1v) is 12.2. The highest BCUT2D eigenvalue weighted by atomic mass is 79.9. The molecule has 4 unspecified atom stereocenters. The zero-order chi connectivity index (χ0) is 22.3. The van der Waals surface area contributed by atoms with Crippen molar-refractivity contribution in [1.82, 2.24) is 5.32 Å². The lowest BCUT2D eigenvalue weighted by molar-refractivity contribution is -0.0388. The van der Waals surface area contributed by atoms with Gasteiger partial charge in [0, 0.05) is 22.6 Å². The Labute approximate surface area is 197 Å². The Morgan fingerprint density at radius 3 is 2.62 bits per heavy atom. The monoisotopic (exact) mass is 504 g/mol. The molecule has 0 spiro atoms. The second-order valence-electron chi connectivity index (χ2n) is 8.67. The molecular weight excluding hydrogens is 475 g/mol. The molecule has 1 saturated carbocycles. The number of carbonyl (C=O) groups excluding carboxylic acids is 1. The molecule has 4 rings (SSSR count). The predicted molar refractivity (Wildman–Crippen MR) is 126 cm³/mol. The second kappa shape index (κ2) is 11.1. The van der Waals surface area contributed by atoms with Gasteiger partial charge in [-0.15, -0.1) is 0 Å². The highest BCUT2D eigenvalue weighted by Crippen LogP contribution is 2.37. The number of halogens is 2. The van der Waals surface area contributed by atoms with Gasteiger partial charge in [0.2, 0.25) is 6.29 Å². The van der Waals surface area contributed by atoms with E-state index >= 15 is 0 Å². The van der Waals surface area contributed by atoms with E-state index in [9.17, 15) is 9.18 Å². The van der Waals surface area contributed by atoms with E-state index in [-0.39, 0.29) is 5.82 Å². The number of fused-ring (bicyclic) bond motifs is 1. The average molecular weight is 505 g/mol. The number of rotatable bonds is 7. The van der Waals surface area contributed by atoms with Crippen LogP contribution in [0.25, 0.3) is 0 Å². The number of hydrogen-bond donors (Lipinski definition) is 2. The molecule has 2 aromatic carbocycles. The van der Waals surface area contributed by atoms with Crippen LogP contribution in [0.15, 0.2) is 53.0 Å². The van der Waals surface area contributed by atoms with E-state index in [0.717, 1.165) is 23.9 Å². The zero-order valence-electron chi connectivity index (χ0n) is 18.1. The first kappa shape index (κ1) is 23.1. The third-order valence-electron chi connectivity index (χ3n) is 6.53. The van der Waals surface area contributed by atoms with Crippen molar-refractivity contribution in [3.63, 3.8) is 0 Å². The maximum Gasteiger partial charge on any atom is 0.414 e. The molecule has 2 aromatic rings. The lowest BCUT2D eigenvalue weighted by atomic mass is 9.71. The van der Waals surface area contributed by atoms with Crippen LogP contribution in [0.5, 0.6) is 5.75 Å². The third-order valence-corrected chi connectivity index (χ3v) is 7.06. The fraction of sp³-hybridized carbons (Fsp3) is 0.480. The van der Waals surface area contributed by atoms with E-state index in [0.29, 0.717) is 35.7 Å². The van der Waals surface area contributed by atoms with Crippen molar-refractivity contribution in [3.05, 3.63) is 58.8 Å². The van der Waals surface area contributed by atoms with Gasteiger partial charge in [0.15, 0.2) is 0 Å². The van der Waals surface area contributed by atoms with E-state index in [4.69, 9.17) is 9.47 Å². The maximum absolute atomic E-state index is 13.3. The van der Waals surface area contributed by atoms with Crippen LogP contribution < -0.4 is 15.4 Å². The molecule has 1 heterocycles. The van der Waals surface area contributed by atoms with Gasteiger partial charge in [-0.2, -0.15) is 0 Å². The van der Waals surface area contributed by atoms with Gasteiger partial charge in [-0.25, -0.2) is 9.18 Å². The molecule has 172 valence electrons. The molecule has 1 aliphatic heterocycles. The Kier molecular flexibility index (Phi) is 8.03. The molecule has 0 radical (unpaired) electrons. The fourth-order valence-corrected chi connectivity index (χ4v) is 5.23. The average Bonchev–Trinajstić information content (AvgIpc) is 2.80. The highest BCUT2D eigenvalue weighted by molar-refractivity contribution is 9.10. The SMILES string of the molecule is O=C(Nc1ccc(Br)cc1)OC(CCC1CCNC2CCCCC12)Oc1ccc(F)cc1. The molecule has 0 aromatic heterocycles. The van der Waals surface area contributed by atoms with Crippen molar-refractivity contribution >= 4 is 27.7 Å². The summed E-state index contributed by atoms with van der Waals surface area (Å²) in [5.74, 6) is 1.43. The summed E-state index contributed by atoms with van der Waals surface area (Å²) in [7, 11) is 0. The molecule has 1 amide bonds. The third kappa shape index (κ3) is 6.45. The molecule has 1 aliphatic carbocycles. The molecule has 2 fully saturated rings. The van der Waals surface area contributed by atoms with Crippen molar-refractivity contribution in [2.45, 2.75) is 57.3 Å². The number of amides is 1. The van der Waals surface area contributed by atoms with Crippen molar-refractivity contribution < 1.29 is 18.7 Å². The summed E-state index contributed by atoms with van der Waals surface area (Å²) in [5.41, 5.74) is 0.641. The number of piperidine rings is 1. The van der Waals surface area contributed by atoms with Crippen LogP contribution in [0.3, 0.4) is 0 Å².